The zero-order valence-electron chi connectivity index (χ0n) is 13.8. The molecule has 132 valence electrons. The van der Waals surface area contributed by atoms with Gasteiger partial charge in [-0.1, -0.05) is 15.9 Å². The molecule has 0 bridgehead atoms. The molecule has 0 aliphatic carbocycles. The predicted octanol–water partition coefficient (Wildman–Crippen LogP) is 3.12. The number of guanidine groups is 1. The molecule has 2 unspecified atom stereocenters. The van der Waals surface area contributed by atoms with Crippen molar-refractivity contribution in [2.75, 3.05) is 12.8 Å². The van der Waals surface area contributed by atoms with Crippen LogP contribution < -0.4 is 5.32 Å². The van der Waals surface area contributed by atoms with Crippen LogP contribution in [0.5, 0.6) is 0 Å². The Kier molecular flexibility index (Phi) is 5.64. The minimum atomic E-state index is -1.45. The molecule has 1 aliphatic heterocycles. The molecule has 6 nitrogen and oxygen atoms in total. The molecule has 24 heavy (non-hydrogen) atoms. The van der Waals surface area contributed by atoms with Crippen LogP contribution in [0.1, 0.15) is 32.4 Å². The first-order valence-corrected chi connectivity index (χ1v) is 9.28. The van der Waals surface area contributed by atoms with Crippen LogP contribution in [0.2, 0.25) is 0 Å². The smallest absolute Gasteiger partial charge is 0.414 e. The highest BCUT2D eigenvalue weighted by Crippen LogP contribution is 2.28. The summed E-state index contributed by atoms with van der Waals surface area (Å²) >= 11 is 3.29. The Bertz CT molecular complexity index is 706. The van der Waals surface area contributed by atoms with Gasteiger partial charge in [0.2, 0.25) is 5.96 Å². The number of nitrogens with one attached hydrogen (secondary N) is 1. The molecule has 2 atom stereocenters. The lowest BCUT2D eigenvalue weighted by molar-refractivity contribution is 0.0559. The summed E-state index contributed by atoms with van der Waals surface area (Å²) in [7, 11) is 0.0917. The molecule has 1 N–H and O–H groups in total. The zero-order chi connectivity index (χ0) is 18.1. The van der Waals surface area contributed by atoms with Crippen molar-refractivity contribution in [2.24, 2.45) is 4.99 Å². The highest BCUT2D eigenvalue weighted by Gasteiger charge is 2.30. The third-order valence-electron chi connectivity index (χ3n) is 3.11. The fraction of sp³-hybridized carbons (Fsp3) is 0.467. The van der Waals surface area contributed by atoms with Gasteiger partial charge in [0.1, 0.15) is 22.4 Å². The van der Waals surface area contributed by atoms with Crippen LogP contribution >= 0.6 is 15.9 Å². The second kappa shape index (κ2) is 7.18. The Morgan fingerprint density at radius 3 is 2.79 bits per heavy atom. The van der Waals surface area contributed by atoms with E-state index in [1.165, 1.54) is 10.4 Å². The minimum Gasteiger partial charge on any atom is -0.444 e. The van der Waals surface area contributed by atoms with Gasteiger partial charge in [-0.25, -0.2) is 18.4 Å². The van der Waals surface area contributed by atoms with E-state index in [1.54, 1.807) is 40.0 Å². The lowest BCUT2D eigenvalue weighted by atomic mass is 10.1. The number of nitrogens with zero attached hydrogens (tertiary/aromatic N) is 2. The molecule has 0 fully saturated rings. The molecule has 9 heteroatoms. The second-order valence-electron chi connectivity index (χ2n) is 6.25. The lowest BCUT2D eigenvalue weighted by Crippen LogP contribution is -2.48. The summed E-state index contributed by atoms with van der Waals surface area (Å²) in [6, 6.07) is 3.83. The topological polar surface area (TPSA) is 71.0 Å². The quantitative estimate of drug-likeness (QED) is 0.759. The van der Waals surface area contributed by atoms with Gasteiger partial charge in [-0.2, -0.15) is 0 Å². The van der Waals surface area contributed by atoms with Gasteiger partial charge >= 0.3 is 6.09 Å². The number of carbonyl (C=O) groups is 1. The number of amides is 1. The van der Waals surface area contributed by atoms with Crippen molar-refractivity contribution in [3.05, 3.63) is 34.1 Å². The zero-order valence-corrected chi connectivity index (χ0v) is 16.2. The van der Waals surface area contributed by atoms with E-state index in [1.807, 2.05) is 0 Å². The maximum Gasteiger partial charge on any atom is 0.414 e. The van der Waals surface area contributed by atoms with Crippen molar-refractivity contribution >= 4 is 39.0 Å². The lowest BCUT2D eigenvalue weighted by Gasteiger charge is -2.29. The highest BCUT2D eigenvalue weighted by molar-refractivity contribution is 9.10. The molecule has 0 saturated heterocycles. The summed E-state index contributed by atoms with van der Waals surface area (Å²) in [6.45, 7) is 5.20. The minimum absolute atomic E-state index is 0.0817. The van der Waals surface area contributed by atoms with E-state index < -0.39 is 34.5 Å². The molecule has 0 saturated carbocycles. The number of hydrogen-bond donors (Lipinski definition) is 1. The summed E-state index contributed by atoms with van der Waals surface area (Å²) in [5.41, 5.74) is -0.360. The van der Waals surface area contributed by atoms with E-state index in [2.05, 4.69) is 26.2 Å². The van der Waals surface area contributed by atoms with Gasteiger partial charge in [-0.15, -0.1) is 0 Å². The molecule has 1 amide bonds. The summed E-state index contributed by atoms with van der Waals surface area (Å²) in [4.78, 5) is 16.3. The number of hydrogen-bond acceptors (Lipinski definition) is 4. The van der Waals surface area contributed by atoms with Crippen LogP contribution in [0.4, 0.5) is 9.18 Å². The Labute approximate surface area is 151 Å². The van der Waals surface area contributed by atoms with Gasteiger partial charge in [0.25, 0.3) is 0 Å². The third kappa shape index (κ3) is 4.76. The molecule has 0 spiro atoms. The van der Waals surface area contributed by atoms with Gasteiger partial charge in [0.05, 0.1) is 11.8 Å². The average molecular weight is 420 g/mol. The van der Waals surface area contributed by atoms with Crippen LogP contribution in [0, 0.1) is 5.82 Å². The Morgan fingerprint density at radius 2 is 2.17 bits per heavy atom. The first-order valence-electron chi connectivity index (χ1n) is 7.22. The van der Waals surface area contributed by atoms with Crippen molar-refractivity contribution in [3.8, 4) is 0 Å². The maximum absolute atomic E-state index is 14.1. The van der Waals surface area contributed by atoms with Crippen LogP contribution in [-0.4, -0.2) is 39.0 Å². The van der Waals surface area contributed by atoms with Gasteiger partial charge < -0.3 is 4.74 Å². The molecule has 1 aromatic carbocycles. The van der Waals surface area contributed by atoms with Crippen molar-refractivity contribution in [1.82, 2.24) is 9.62 Å². The van der Waals surface area contributed by atoms with Crippen LogP contribution in [0.3, 0.4) is 0 Å². The largest absolute Gasteiger partial charge is 0.444 e. The number of alkyl carbamates (subject to hydrolysis) is 1. The molecule has 1 heterocycles. The summed E-state index contributed by atoms with van der Waals surface area (Å²) in [6.07, 6.45) is -0.708. The number of rotatable bonds is 1. The number of ether oxygens (including phenoxy) is 1. The summed E-state index contributed by atoms with van der Waals surface area (Å²) in [5.74, 6) is -0.230. The predicted molar refractivity (Wildman–Crippen MR) is 94.4 cm³/mol. The Balaban J connectivity index is 2.28. The van der Waals surface area contributed by atoms with Crippen molar-refractivity contribution < 1.29 is 18.1 Å². The first-order chi connectivity index (χ1) is 11.1. The first kappa shape index (κ1) is 18.9. The monoisotopic (exact) mass is 419 g/mol. The van der Waals surface area contributed by atoms with Crippen LogP contribution in [-0.2, 0) is 15.7 Å². The SMILES string of the molecule is CN1C(NC(=O)OC(C)(C)C)=NC(c2cc(Br)ccc2F)CS1=O. The van der Waals surface area contributed by atoms with E-state index in [4.69, 9.17) is 4.74 Å². The van der Waals surface area contributed by atoms with Crippen LogP contribution in [0.25, 0.3) is 0 Å². The number of aliphatic imine (C=N–C) groups is 1. The molecule has 2 rings (SSSR count). The Morgan fingerprint density at radius 1 is 1.50 bits per heavy atom. The second-order valence-corrected chi connectivity index (χ2v) is 8.69. The molecule has 1 aliphatic rings. The number of halogens is 2. The average Bonchev–Trinajstić information content (AvgIpc) is 2.44. The normalized spacial score (nSPS) is 21.2. The van der Waals surface area contributed by atoms with Gasteiger partial charge in [-0.3, -0.25) is 9.62 Å². The third-order valence-corrected chi connectivity index (χ3v) is 4.99. The van der Waals surface area contributed by atoms with Crippen LogP contribution in [0.15, 0.2) is 27.7 Å². The summed E-state index contributed by atoms with van der Waals surface area (Å²) < 4.78 is 33.6. The van der Waals surface area contributed by atoms with Crippen molar-refractivity contribution in [1.29, 1.82) is 0 Å². The van der Waals surface area contributed by atoms with Gasteiger partial charge in [-0.05, 0) is 39.0 Å². The molecular weight excluding hydrogens is 401 g/mol. The number of carbonyl (C=O) groups excluding carboxylic acids is 1. The highest BCUT2D eigenvalue weighted by atomic mass is 79.9. The number of benzene rings is 1. The molecule has 0 aromatic heterocycles. The van der Waals surface area contributed by atoms with E-state index in [-0.39, 0.29) is 11.7 Å². The van der Waals surface area contributed by atoms with E-state index in [9.17, 15) is 13.4 Å². The molecule has 0 radical (unpaired) electrons. The fourth-order valence-corrected chi connectivity index (χ4v) is 3.46. The fourth-order valence-electron chi connectivity index (χ4n) is 2.04. The summed E-state index contributed by atoms with van der Waals surface area (Å²) in [5, 5.41) is 2.48. The Hall–Kier alpha value is -1.48. The van der Waals surface area contributed by atoms with E-state index >= 15 is 0 Å². The standard InChI is InChI=1S/C15H19BrFN3O3S/c1-15(2,3)23-14(21)19-13-18-12(8-24(22)20(13)4)10-7-9(16)5-6-11(10)17/h5-7,12H,8H2,1-4H3,(H,18,19,21). The van der Waals surface area contributed by atoms with Gasteiger partial charge in [0.15, 0.2) is 0 Å². The van der Waals surface area contributed by atoms with Crippen molar-refractivity contribution in [2.45, 2.75) is 32.4 Å². The van der Waals surface area contributed by atoms with E-state index in [0.717, 1.165) is 0 Å². The van der Waals surface area contributed by atoms with E-state index in [0.29, 0.717) is 10.0 Å². The molecule has 1 aromatic rings. The maximum atomic E-state index is 14.1. The van der Waals surface area contributed by atoms with Gasteiger partial charge in [0, 0.05) is 17.1 Å². The molecular formula is C15H19BrFN3O3S. The van der Waals surface area contributed by atoms with Crippen molar-refractivity contribution in [3.63, 3.8) is 0 Å².